The minimum absolute atomic E-state index is 0.135. The first-order chi connectivity index (χ1) is 18.5. The summed E-state index contributed by atoms with van der Waals surface area (Å²) in [6, 6.07) is 15.4. The molecule has 4 aromatic rings. The van der Waals surface area contributed by atoms with Crippen molar-refractivity contribution in [2.24, 2.45) is 0 Å². The lowest BCUT2D eigenvalue weighted by atomic mass is 10.0. The summed E-state index contributed by atoms with van der Waals surface area (Å²) in [4.78, 5) is 36.4. The Morgan fingerprint density at radius 3 is 2.89 bits per heavy atom. The second kappa shape index (κ2) is 10.3. The van der Waals surface area contributed by atoms with Gasteiger partial charge in [0.05, 0.1) is 18.0 Å². The Hall–Kier alpha value is -4.20. The van der Waals surface area contributed by atoms with Gasteiger partial charge >= 0.3 is 5.97 Å². The second-order valence-corrected chi connectivity index (χ2v) is 10.2. The summed E-state index contributed by atoms with van der Waals surface area (Å²) in [6.45, 7) is 2.07. The van der Waals surface area contributed by atoms with Gasteiger partial charge in [-0.2, -0.15) is 0 Å². The van der Waals surface area contributed by atoms with E-state index in [0.717, 1.165) is 72.2 Å². The van der Waals surface area contributed by atoms with Crippen molar-refractivity contribution in [1.29, 1.82) is 0 Å². The van der Waals surface area contributed by atoms with Crippen LogP contribution in [0.3, 0.4) is 0 Å². The number of carbonyl (C=O) groups excluding carboxylic acids is 1. The number of hydrogen-bond donors (Lipinski definition) is 2. The maximum Gasteiger partial charge on any atom is 0.305 e. The number of fused-ring (bicyclic) bond motifs is 3. The number of carboxylic acids is 1. The van der Waals surface area contributed by atoms with E-state index in [1.807, 2.05) is 41.0 Å². The SMILES string of the molecule is O=C(O)C[C@@H](c1cnc2ccccc2c1)N1CCn2cc(CCCc3ccc4c(n3)NCCC4)cc2C1=O. The van der Waals surface area contributed by atoms with Gasteiger partial charge in [-0.3, -0.25) is 14.6 Å². The summed E-state index contributed by atoms with van der Waals surface area (Å²) < 4.78 is 2.01. The lowest BCUT2D eigenvalue weighted by molar-refractivity contribution is -0.138. The molecule has 1 aromatic carbocycles. The molecular weight excluding hydrogens is 478 g/mol. The van der Waals surface area contributed by atoms with Crippen molar-refractivity contribution in [3.05, 3.63) is 89.0 Å². The number of aromatic nitrogens is 3. The number of nitrogens with one attached hydrogen (secondary N) is 1. The van der Waals surface area contributed by atoms with Gasteiger partial charge in [0.1, 0.15) is 11.5 Å². The Kier molecular flexibility index (Phi) is 6.54. The van der Waals surface area contributed by atoms with Gasteiger partial charge in [-0.05, 0) is 73.1 Å². The topological polar surface area (TPSA) is 100 Å². The maximum atomic E-state index is 13.6. The molecule has 2 N–H and O–H groups in total. The van der Waals surface area contributed by atoms with E-state index in [9.17, 15) is 14.7 Å². The first kappa shape index (κ1) is 24.2. The zero-order valence-corrected chi connectivity index (χ0v) is 21.3. The van der Waals surface area contributed by atoms with E-state index in [1.165, 1.54) is 5.56 Å². The number of rotatable bonds is 8. The van der Waals surface area contributed by atoms with E-state index >= 15 is 0 Å². The van der Waals surface area contributed by atoms with Gasteiger partial charge in [0.2, 0.25) is 0 Å². The molecule has 2 aliphatic rings. The van der Waals surface area contributed by atoms with Crippen LogP contribution in [-0.2, 0) is 30.6 Å². The highest BCUT2D eigenvalue weighted by atomic mass is 16.4. The molecule has 0 saturated heterocycles. The average Bonchev–Trinajstić information content (AvgIpc) is 3.36. The molecule has 6 rings (SSSR count). The van der Waals surface area contributed by atoms with E-state index in [0.29, 0.717) is 18.8 Å². The largest absolute Gasteiger partial charge is 0.481 e. The molecule has 0 spiro atoms. The molecule has 0 saturated carbocycles. The number of para-hydroxylation sites is 1. The third-order valence-corrected chi connectivity index (χ3v) is 7.61. The first-order valence-electron chi connectivity index (χ1n) is 13.3. The fourth-order valence-corrected chi connectivity index (χ4v) is 5.66. The minimum atomic E-state index is -0.941. The van der Waals surface area contributed by atoms with E-state index in [2.05, 4.69) is 28.6 Å². The Labute approximate surface area is 221 Å². The summed E-state index contributed by atoms with van der Waals surface area (Å²) in [6.07, 6.45) is 8.52. The number of benzene rings is 1. The zero-order chi connectivity index (χ0) is 26.1. The number of hydrogen-bond acceptors (Lipinski definition) is 5. The molecule has 0 fully saturated rings. The number of amides is 1. The Balaban J connectivity index is 1.17. The number of anilines is 1. The van der Waals surface area contributed by atoms with Crippen LogP contribution in [-0.4, -0.2) is 49.5 Å². The number of pyridine rings is 2. The molecule has 1 amide bonds. The van der Waals surface area contributed by atoms with Gasteiger partial charge in [0, 0.05) is 43.1 Å². The van der Waals surface area contributed by atoms with E-state index in [-0.39, 0.29) is 12.3 Å². The maximum absolute atomic E-state index is 13.6. The standard InChI is InChI=1S/C30H31N5O3/c36-28(37)17-26(23-16-22-6-1-2-9-25(22)32-18-23)35-14-13-34-19-20(15-27(34)30(35)38)5-3-8-24-11-10-21-7-4-12-31-29(21)33-24/h1-2,6,9-11,15-16,18-19,26H,3-5,7-8,12-14,17H2,(H,31,33)(H,36,37)/t26-/m0/s1. The Bertz CT molecular complexity index is 1510. The number of carbonyl (C=O) groups is 2. The van der Waals surface area contributed by atoms with Gasteiger partial charge in [0.15, 0.2) is 0 Å². The third-order valence-electron chi connectivity index (χ3n) is 7.61. The average molecular weight is 510 g/mol. The molecule has 0 unspecified atom stereocenters. The van der Waals surface area contributed by atoms with Crippen molar-refractivity contribution in [2.45, 2.75) is 51.1 Å². The van der Waals surface area contributed by atoms with Crippen LogP contribution >= 0.6 is 0 Å². The number of aliphatic carboxylic acids is 1. The van der Waals surface area contributed by atoms with Gasteiger partial charge in [-0.25, -0.2) is 4.98 Å². The van der Waals surface area contributed by atoms with Crippen molar-refractivity contribution < 1.29 is 14.7 Å². The van der Waals surface area contributed by atoms with Crippen molar-refractivity contribution in [3.63, 3.8) is 0 Å². The molecule has 38 heavy (non-hydrogen) atoms. The summed E-state index contributed by atoms with van der Waals surface area (Å²) in [5.74, 6) is -0.0516. The van der Waals surface area contributed by atoms with Crippen LogP contribution in [0, 0.1) is 0 Å². The Morgan fingerprint density at radius 2 is 2.00 bits per heavy atom. The van der Waals surface area contributed by atoms with E-state index in [4.69, 9.17) is 4.98 Å². The smallest absolute Gasteiger partial charge is 0.305 e. The molecule has 0 bridgehead atoms. The third kappa shape index (κ3) is 4.86. The van der Waals surface area contributed by atoms with Gasteiger partial charge in [0.25, 0.3) is 5.91 Å². The lowest BCUT2D eigenvalue weighted by Gasteiger charge is -2.35. The molecule has 8 nitrogen and oxygen atoms in total. The van der Waals surface area contributed by atoms with Gasteiger partial charge in [-0.1, -0.05) is 24.3 Å². The first-order valence-corrected chi connectivity index (χ1v) is 13.3. The predicted molar refractivity (Wildman–Crippen MR) is 145 cm³/mol. The highest BCUT2D eigenvalue weighted by molar-refractivity contribution is 5.94. The highest BCUT2D eigenvalue weighted by Gasteiger charge is 2.33. The van der Waals surface area contributed by atoms with Crippen LogP contribution in [0.25, 0.3) is 10.9 Å². The quantitative estimate of drug-likeness (QED) is 0.359. The second-order valence-electron chi connectivity index (χ2n) is 10.2. The molecule has 3 aromatic heterocycles. The number of aryl methyl sites for hydroxylation is 3. The van der Waals surface area contributed by atoms with Crippen LogP contribution in [0.5, 0.6) is 0 Å². The highest BCUT2D eigenvalue weighted by Crippen LogP contribution is 2.31. The van der Waals surface area contributed by atoms with Crippen molar-refractivity contribution in [2.75, 3.05) is 18.4 Å². The van der Waals surface area contributed by atoms with Crippen molar-refractivity contribution in [3.8, 4) is 0 Å². The van der Waals surface area contributed by atoms with Crippen LogP contribution in [0.15, 0.2) is 60.9 Å². The molecular formula is C30H31N5O3. The fourth-order valence-electron chi connectivity index (χ4n) is 5.66. The zero-order valence-electron chi connectivity index (χ0n) is 21.3. The van der Waals surface area contributed by atoms with Crippen molar-refractivity contribution in [1.82, 2.24) is 19.4 Å². The molecule has 2 aliphatic heterocycles. The van der Waals surface area contributed by atoms with E-state index < -0.39 is 12.0 Å². The van der Waals surface area contributed by atoms with E-state index in [1.54, 1.807) is 11.1 Å². The molecule has 0 aliphatic carbocycles. The summed E-state index contributed by atoms with van der Waals surface area (Å²) >= 11 is 0. The van der Waals surface area contributed by atoms with Crippen LogP contribution in [0.4, 0.5) is 5.82 Å². The normalized spacial score (nSPS) is 15.6. The van der Waals surface area contributed by atoms with Gasteiger partial charge in [-0.15, -0.1) is 0 Å². The fraction of sp³-hybridized carbons (Fsp3) is 0.333. The Morgan fingerprint density at radius 1 is 1.11 bits per heavy atom. The minimum Gasteiger partial charge on any atom is -0.481 e. The van der Waals surface area contributed by atoms with Crippen LogP contribution in [0.2, 0.25) is 0 Å². The van der Waals surface area contributed by atoms with Crippen molar-refractivity contribution >= 4 is 28.6 Å². The summed E-state index contributed by atoms with van der Waals surface area (Å²) in [7, 11) is 0. The molecule has 1 atom stereocenters. The number of nitrogens with zero attached hydrogens (tertiary/aromatic N) is 4. The molecule has 0 radical (unpaired) electrons. The molecule has 5 heterocycles. The van der Waals surface area contributed by atoms with Crippen LogP contribution < -0.4 is 5.32 Å². The summed E-state index contributed by atoms with van der Waals surface area (Å²) in [5, 5.41) is 14.0. The molecule has 194 valence electrons. The predicted octanol–water partition coefficient (Wildman–Crippen LogP) is 4.64. The van der Waals surface area contributed by atoms with Gasteiger partial charge < -0.3 is 19.9 Å². The molecule has 8 heteroatoms. The lowest BCUT2D eigenvalue weighted by Crippen LogP contribution is -2.43. The summed E-state index contributed by atoms with van der Waals surface area (Å²) in [5.41, 5.74) is 5.70. The monoisotopic (exact) mass is 509 g/mol. The van der Waals surface area contributed by atoms with Crippen LogP contribution in [0.1, 0.15) is 58.2 Å². The number of carboxylic acid groups (broad SMARTS) is 1.